The highest BCUT2D eigenvalue weighted by atomic mass is 16.3. The number of amides is 4. The van der Waals surface area contributed by atoms with Crippen molar-refractivity contribution in [2.75, 3.05) is 14.7 Å². The first kappa shape index (κ1) is 24.6. The molecule has 0 radical (unpaired) electrons. The van der Waals surface area contributed by atoms with E-state index in [1.165, 1.54) is 36.4 Å². The smallest absolute Gasteiger partial charge is 0.338 e. The summed E-state index contributed by atoms with van der Waals surface area (Å²) in [6.45, 7) is 0. The van der Waals surface area contributed by atoms with Crippen LogP contribution in [-0.2, 0) is 14.4 Å². The molecule has 2 aliphatic heterocycles. The zero-order valence-corrected chi connectivity index (χ0v) is 20.8. The lowest BCUT2D eigenvalue weighted by Gasteiger charge is -2.39. The van der Waals surface area contributed by atoms with Crippen LogP contribution < -0.4 is 14.7 Å². The molecule has 2 fully saturated rings. The van der Waals surface area contributed by atoms with E-state index < -0.39 is 46.4 Å². The van der Waals surface area contributed by atoms with Crippen molar-refractivity contribution in [2.45, 2.75) is 5.66 Å². The molecule has 4 aromatic rings. The largest absolute Gasteiger partial charge is 0.507 e. The number of nitrogens with zero attached hydrogens (tertiary/aromatic N) is 3. The highest BCUT2D eigenvalue weighted by Crippen LogP contribution is 2.51. The van der Waals surface area contributed by atoms with E-state index in [0.29, 0.717) is 0 Å². The Labute approximate surface area is 228 Å². The van der Waals surface area contributed by atoms with E-state index >= 15 is 0 Å². The lowest BCUT2D eigenvalue weighted by molar-refractivity contribution is -0.132. The Kier molecular flexibility index (Phi) is 5.69. The van der Waals surface area contributed by atoms with Gasteiger partial charge in [0.05, 0.1) is 11.4 Å². The van der Waals surface area contributed by atoms with E-state index in [4.69, 9.17) is 0 Å². The maximum Gasteiger partial charge on any atom is 0.338 e. The topological polar surface area (TPSA) is 118 Å². The average molecular weight is 532 g/mol. The van der Waals surface area contributed by atoms with Gasteiger partial charge in [-0.05, 0) is 36.4 Å². The Morgan fingerprint density at radius 1 is 0.625 bits per heavy atom. The molecule has 6 rings (SSSR count). The minimum Gasteiger partial charge on any atom is -0.507 e. The molecule has 0 bridgehead atoms. The molecule has 1 atom stereocenters. The molecule has 0 aliphatic carbocycles. The Hall–Kier alpha value is -5.70. The molecule has 4 aromatic carbocycles. The number of phenolic OH excluding ortho intramolecular Hbond substituents is 1. The Morgan fingerprint density at radius 2 is 1.15 bits per heavy atom. The molecule has 196 valence electrons. The summed E-state index contributed by atoms with van der Waals surface area (Å²) in [5.41, 5.74) is -2.77. The van der Waals surface area contributed by atoms with Crippen molar-refractivity contribution in [3.8, 4) is 5.75 Å². The van der Waals surface area contributed by atoms with Gasteiger partial charge in [-0.3, -0.25) is 24.2 Å². The van der Waals surface area contributed by atoms with E-state index in [2.05, 4.69) is 0 Å². The normalized spacial score (nSPS) is 20.1. The molecular formula is C31H21N3O6. The number of aliphatic hydroxyl groups is 1. The molecule has 2 aliphatic rings. The van der Waals surface area contributed by atoms with Gasteiger partial charge in [-0.15, -0.1) is 0 Å². The van der Waals surface area contributed by atoms with Gasteiger partial charge >= 0.3 is 11.9 Å². The number of imide groups is 1. The van der Waals surface area contributed by atoms with E-state index in [9.17, 15) is 29.4 Å². The molecule has 2 heterocycles. The SMILES string of the molecule is O=C1C(=O)N(c2ccccc2O)C2(C(=O)N(c3ccccc3)C(=O)N2c2ccccc2)/C1=C(\O)c1ccccc1. The zero-order valence-electron chi connectivity index (χ0n) is 20.8. The summed E-state index contributed by atoms with van der Waals surface area (Å²) in [7, 11) is 0. The molecule has 2 N–H and O–H groups in total. The van der Waals surface area contributed by atoms with E-state index in [1.807, 2.05) is 0 Å². The first-order valence-corrected chi connectivity index (χ1v) is 12.3. The van der Waals surface area contributed by atoms with Gasteiger partial charge in [-0.2, -0.15) is 0 Å². The summed E-state index contributed by atoms with van der Waals surface area (Å²) in [5, 5.41) is 22.4. The molecule has 1 spiro atoms. The summed E-state index contributed by atoms with van der Waals surface area (Å²) >= 11 is 0. The minimum atomic E-state index is -2.51. The number of hydrogen-bond donors (Lipinski definition) is 2. The third kappa shape index (κ3) is 3.34. The van der Waals surface area contributed by atoms with Crippen molar-refractivity contribution < 1.29 is 29.4 Å². The fourth-order valence-electron chi connectivity index (χ4n) is 5.25. The number of anilines is 3. The molecular weight excluding hydrogens is 510 g/mol. The van der Waals surface area contributed by atoms with Gasteiger partial charge in [0, 0.05) is 11.3 Å². The lowest BCUT2D eigenvalue weighted by Crippen LogP contribution is -2.61. The van der Waals surface area contributed by atoms with Crippen LogP contribution in [0.15, 0.2) is 121 Å². The summed E-state index contributed by atoms with van der Waals surface area (Å²) in [6.07, 6.45) is 0. The Balaban J connectivity index is 1.76. The predicted molar refractivity (Wildman–Crippen MR) is 148 cm³/mol. The van der Waals surface area contributed by atoms with Crippen LogP contribution in [0.3, 0.4) is 0 Å². The molecule has 0 saturated carbocycles. The summed E-state index contributed by atoms with van der Waals surface area (Å²) in [6, 6.07) is 28.9. The number of benzene rings is 4. The number of carbonyl (C=O) groups excluding carboxylic acids is 4. The van der Waals surface area contributed by atoms with Gasteiger partial charge in [0.25, 0.3) is 11.7 Å². The van der Waals surface area contributed by atoms with Gasteiger partial charge in [0.1, 0.15) is 17.1 Å². The Bertz CT molecular complexity index is 1710. The van der Waals surface area contributed by atoms with Crippen molar-refractivity contribution in [3.63, 3.8) is 0 Å². The molecule has 2 saturated heterocycles. The maximum atomic E-state index is 14.7. The van der Waals surface area contributed by atoms with Crippen molar-refractivity contribution in [1.82, 2.24) is 0 Å². The van der Waals surface area contributed by atoms with Crippen LogP contribution in [0.25, 0.3) is 5.76 Å². The van der Waals surface area contributed by atoms with Crippen LogP contribution in [0.4, 0.5) is 21.9 Å². The molecule has 9 nitrogen and oxygen atoms in total. The van der Waals surface area contributed by atoms with Crippen molar-refractivity contribution in [3.05, 3.63) is 126 Å². The van der Waals surface area contributed by atoms with Crippen LogP contribution in [0.1, 0.15) is 5.56 Å². The van der Waals surface area contributed by atoms with Gasteiger partial charge in [0.2, 0.25) is 5.66 Å². The number of aromatic hydroxyl groups is 1. The van der Waals surface area contributed by atoms with Crippen LogP contribution in [-0.4, -0.2) is 39.5 Å². The number of ketones is 1. The molecule has 4 amide bonds. The lowest BCUT2D eigenvalue weighted by atomic mass is 9.92. The zero-order chi connectivity index (χ0) is 28.0. The number of carbonyl (C=O) groups is 4. The maximum absolute atomic E-state index is 14.7. The van der Waals surface area contributed by atoms with Crippen LogP contribution in [0.5, 0.6) is 5.75 Å². The summed E-state index contributed by atoms with van der Waals surface area (Å²) in [4.78, 5) is 59.4. The monoisotopic (exact) mass is 531 g/mol. The van der Waals surface area contributed by atoms with Gasteiger partial charge in [-0.1, -0.05) is 78.9 Å². The van der Waals surface area contributed by atoms with E-state index in [1.54, 1.807) is 78.9 Å². The van der Waals surface area contributed by atoms with Crippen LogP contribution >= 0.6 is 0 Å². The number of rotatable bonds is 4. The fourth-order valence-corrected chi connectivity index (χ4v) is 5.25. The number of aliphatic hydroxyl groups excluding tert-OH is 1. The second kappa shape index (κ2) is 9.25. The van der Waals surface area contributed by atoms with Gasteiger partial charge in [-0.25, -0.2) is 9.69 Å². The fraction of sp³-hybridized carbons (Fsp3) is 0.0323. The number of urea groups is 1. The van der Waals surface area contributed by atoms with Crippen LogP contribution in [0, 0.1) is 0 Å². The highest BCUT2D eigenvalue weighted by molar-refractivity contribution is 6.57. The minimum absolute atomic E-state index is 0.156. The predicted octanol–water partition coefficient (Wildman–Crippen LogP) is 4.65. The molecule has 0 aromatic heterocycles. The van der Waals surface area contributed by atoms with Crippen molar-refractivity contribution in [2.24, 2.45) is 0 Å². The number of para-hydroxylation sites is 4. The van der Waals surface area contributed by atoms with Gasteiger partial charge in [0.15, 0.2) is 0 Å². The molecule has 9 heteroatoms. The second-order valence-corrected chi connectivity index (χ2v) is 9.15. The molecule has 40 heavy (non-hydrogen) atoms. The Morgan fingerprint density at radius 3 is 1.75 bits per heavy atom. The van der Waals surface area contributed by atoms with Crippen molar-refractivity contribution >= 4 is 46.5 Å². The van der Waals surface area contributed by atoms with E-state index in [-0.39, 0.29) is 22.6 Å². The van der Waals surface area contributed by atoms with Crippen molar-refractivity contribution in [1.29, 1.82) is 0 Å². The average Bonchev–Trinajstić information content (AvgIpc) is 3.35. The first-order valence-electron chi connectivity index (χ1n) is 12.3. The second-order valence-electron chi connectivity index (χ2n) is 9.15. The number of hydrogen-bond acceptors (Lipinski definition) is 6. The quantitative estimate of drug-likeness (QED) is 0.171. The number of Topliss-reactive ketones (excluding diaryl/α,β-unsaturated/α-hetero) is 1. The van der Waals surface area contributed by atoms with Crippen LogP contribution in [0.2, 0.25) is 0 Å². The molecule has 1 unspecified atom stereocenters. The summed E-state index contributed by atoms with van der Waals surface area (Å²) in [5.74, 6) is -4.42. The van der Waals surface area contributed by atoms with Gasteiger partial charge < -0.3 is 10.2 Å². The first-order chi connectivity index (χ1) is 19.4. The summed E-state index contributed by atoms with van der Waals surface area (Å²) < 4.78 is 0. The standard InChI is InChI=1S/C31H21N3O6/c35-24-19-11-10-18-23(24)34-28(38)27(37)25(26(36)20-12-4-1-5-13-20)31(34)29(39)32(21-14-6-2-7-15-21)30(40)33(31)22-16-8-3-9-17-22/h1-19,35-36H/b26-25-. The third-order valence-electron chi connectivity index (χ3n) is 6.94. The van der Waals surface area contributed by atoms with E-state index in [0.717, 1.165) is 14.7 Å². The third-order valence-corrected chi connectivity index (χ3v) is 6.94. The highest BCUT2D eigenvalue weighted by Gasteiger charge is 2.73. The number of phenols is 1.